The molecule has 3 aromatic rings. The number of hydrogen-bond acceptors (Lipinski definition) is 3. The lowest BCUT2D eigenvalue weighted by Gasteiger charge is -2.18. The molecule has 2 amide bonds. The third-order valence-electron chi connectivity index (χ3n) is 5.83. The number of anilines is 1. The van der Waals surface area contributed by atoms with Crippen LogP contribution in [0, 0.1) is 5.41 Å². The molecule has 0 atom stereocenters. The molecule has 0 unspecified atom stereocenters. The van der Waals surface area contributed by atoms with E-state index in [1.54, 1.807) is 24.4 Å². The molecular weight excluding hydrogens is 457 g/mol. The van der Waals surface area contributed by atoms with Gasteiger partial charge in [-0.25, -0.2) is 0 Å². The summed E-state index contributed by atoms with van der Waals surface area (Å²) in [5, 5.41) is 10.5. The molecule has 0 bridgehead atoms. The number of halogens is 4. The molecule has 33 heavy (non-hydrogen) atoms. The predicted octanol–water partition coefficient (Wildman–Crippen LogP) is 5.48. The summed E-state index contributed by atoms with van der Waals surface area (Å²) in [7, 11) is 0. The highest BCUT2D eigenvalue weighted by Gasteiger charge is 2.68. The fourth-order valence-electron chi connectivity index (χ4n) is 3.75. The highest BCUT2D eigenvalue weighted by Crippen LogP contribution is 2.57. The molecule has 2 aromatic carbocycles. The maximum absolute atomic E-state index is 13.1. The molecule has 2 N–H and O–H groups in total. The van der Waals surface area contributed by atoms with Crippen molar-refractivity contribution in [3.63, 3.8) is 0 Å². The molecule has 6 nitrogen and oxygen atoms in total. The number of benzene rings is 2. The van der Waals surface area contributed by atoms with Gasteiger partial charge in [-0.1, -0.05) is 23.7 Å². The molecule has 1 aliphatic rings. The van der Waals surface area contributed by atoms with Crippen LogP contribution in [-0.4, -0.2) is 27.8 Å². The van der Waals surface area contributed by atoms with Crippen molar-refractivity contribution in [3.05, 3.63) is 58.7 Å². The summed E-state index contributed by atoms with van der Waals surface area (Å²) in [6, 6.07) is 10.1. The zero-order valence-electron chi connectivity index (χ0n) is 18.0. The number of carbonyl (C=O) groups excluding carboxylic acids is 2. The fraction of sp³-hybridized carbons (Fsp3) is 0.348. The Morgan fingerprint density at radius 2 is 1.94 bits per heavy atom. The molecule has 1 heterocycles. The van der Waals surface area contributed by atoms with Gasteiger partial charge in [0.1, 0.15) is 5.41 Å². The SMILES string of the molecule is CC(C)n1ncc2c(NC(=O)c3cc(CNC(=O)C4(C(F)(F)F)CC4)ccc3Cl)cccc21. The van der Waals surface area contributed by atoms with Gasteiger partial charge in [-0.3, -0.25) is 14.3 Å². The van der Waals surface area contributed by atoms with E-state index in [1.807, 2.05) is 24.6 Å². The molecule has 0 saturated heterocycles. The average molecular weight is 479 g/mol. The smallest absolute Gasteiger partial charge is 0.351 e. The molecule has 0 spiro atoms. The van der Waals surface area contributed by atoms with Gasteiger partial charge in [0, 0.05) is 18.0 Å². The summed E-state index contributed by atoms with van der Waals surface area (Å²) in [6.45, 7) is 3.86. The second-order valence-corrected chi connectivity index (χ2v) is 8.86. The normalized spacial score (nSPS) is 15.0. The number of alkyl halides is 3. The summed E-state index contributed by atoms with van der Waals surface area (Å²) >= 11 is 6.21. The van der Waals surface area contributed by atoms with Crippen LogP contribution in [0.5, 0.6) is 0 Å². The topological polar surface area (TPSA) is 76.0 Å². The van der Waals surface area contributed by atoms with E-state index in [0.29, 0.717) is 11.3 Å². The second-order valence-electron chi connectivity index (χ2n) is 8.45. The summed E-state index contributed by atoms with van der Waals surface area (Å²) < 4.78 is 41.2. The summed E-state index contributed by atoms with van der Waals surface area (Å²) in [4.78, 5) is 25.1. The van der Waals surface area contributed by atoms with Crippen LogP contribution in [0.3, 0.4) is 0 Å². The van der Waals surface area contributed by atoms with Gasteiger partial charge in [-0.05, 0) is 56.5 Å². The Hall–Kier alpha value is -3.07. The lowest BCUT2D eigenvalue weighted by atomic mass is 10.1. The highest BCUT2D eigenvalue weighted by molar-refractivity contribution is 6.34. The van der Waals surface area contributed by atoms with E-state index < -0.39 is 23.4 Å². The van der Waals surface area contributed by atoms with Crippen LogP contribution in [-0.2, 0) is 11.3 Å². The van der Waals surface area contributed by atoms with Crippen molar-refractivity contribution in [1.82, 2.24) is 15.1 Å². The molecule has 1 saturated carbocycles. The number of fused-ring (bicyclic) bond motifs is 1. The van der Waals surface area contributed by atoms with Crippen molar-refractivity contribution in [2.75, 3.05) is 5.32 Å². The second kappa shape index (κ2) is 8.37. The molecule has 1 fully saturated rings. The van der Waals surface area contributed by atoms with Crippen LogP contribution < -0.4 is 10.6 Å². The number of aromatic nitrogens is 2. The van der Waals surface area contributed by atoms with Crippen LogP contribution >= 0.6 is 11.6 Å². The Morgan fingerprint density at radius 1 is 1.21 bits per heavy atom. The molecule has 174 valence electrons. The number of carbonyl (C=O) groups is 2. The van der Waals surface area contributed by atoms with Gasteiger partial charge >= 0.3 is 6.18 Å². The molecular formula is C23H22ClF3N4O2. The van der Waals surface area contributed by atoms with Crippen LogP contribution in [0.1, 0.15) is 48.7 Å². The van der Waals surface area contributed by atoms with Crippen LogP contribution in [0.25, 0.3) is 10.9 Å². The summed E-state index contributed by atoms with van der Waals surface area (Å²) in [6.07, 6.45) is -3.33. The Morgan fingerprint density at radius 3 is 2.58 bits per heavy atom. The first-order chi connectivity index (χ1) is 15.5. The van der Waals surface area contributed by atoms with Gasteiger partial charge in [0.15, 0.2) is 0 Å². The highest BCUT2D eigenvalue weighted by atomic mass is 35.5. The zero-order chi connectivity index (χ0) is 24.0. The standard InChI is InChI=1S/C23H22ClF3N4O2/c1-13(2)31-19-5-3-4-18(16(19)12-29-31)30-20(32)15-10-14(6-7-17(15)24)11-28-21(33)22(8-9-22)23(25,26)27/h3-7,10,12-13H,8-9,11H2,1-2H3,(H,28,33)(H,30,32). The third-order valence-corrected chi connectivity index (χ3v) is 6.16. The molecule has 0 aliphatic heterocycles. The minimum absolute atomic E-state index is 0.141. The van der Waals surface area contributed by atoms with Crippen molar-refractivity contribution in [3.8, 4) is 0 Å². The van der Waals surface area contributed by atoms with E-state index in [-0.39, 0.29) is 36.0 Å². The van der Waals surface area contributed by atoms with Crippen molar-refractivity contribution in [2.45, 2.75) is 45.5 Å². The van der Waals surface area contributed by atoms with Crippen LogP contribution in [0.4, 0.5) is 18.9 Å². The maximum atomic E-state index is 13.1. The number of hydrogen-bond donors (Lipinski definition) is 2. The van der Waals surface area contributed by atoms with E-state index in [1.165, 1.54) is 12.1 Å². The Kier molecular flexibility index (Phi) is 5.86. The first kappa shape index (κ1) is 23.1. The number of amides is 2. The summed E-state index contributed by atoms with van der Waals surface area (Å²) in [5.74, 6) is -1.53. The van der Waals surface area contributed by atoms with Gasteiger partial charge in [0.05, 0.1) is 28.0 Å². The van der Waals surface area contributed by atoms with E-state index in [0.717, 1.165) is 10.9 Å². The minimum Gasteiger partial charge on any atom is -0.351 e. The Balaban J connectivity index is 1.51. The largest absolute Gasteiger partial charge is 0.403 e. The van der Waals surface area contributed by atoms with Gasteiger partial charge in [-0.2, -0.15) is 18.3 Å². The third kappa shape index (κ3) is 4.29. The number of rotatable bonds is 6. The molecule has 1 aromatic heterocycles. The number of nitrogens with one attached hydrogen (secondary N) is 2. The van der Waals surface area contributed by atoms with E-state index in [2.05, 4.69) is 15.7 Å². The number of nitrogens with zero attached hydrogens (tertiary/aromatic N) is 2. The van der Waals surface area contributed by atoms with Gasteiger partial charge < -0.3 is 10.6 Å². The predicted molar refractivity (Wildman–Crippen MR) is 119 cm³/mol. The van der Waals surface area contributed by atoms with Crippen molar-refractivity contribution < 1.29 is 22.8 Å². The Labute approximate surface area is 193 Å². The monoisotopic (exact) mass is 478 g/mol. The van der Waals surface area contributed by atoms with Crippen molar-refractivity contribution in [1.29, 1.82) is 0 Å². The first-order valence-corrected chi connectivity index (χ1v) is 10.8. The lowest BCUT2D eigenvalue weighted by molar-refractivity contribution is -0.192. The molecule has 1 aliphatic carbocycles. The zero-order valence-corrected chi connectivity index (χ0v) is 18.7. The van der Waals surface area contributed by atoms with E-state index in [9.17, 15) is 22.8 Å². The minimum atomic E-state index is -4.58. The van der Waals surface area contributed by atoms with E-state index >= 15 is 0 Å². The van der Waals surface area contributed by atoms with Crippen LogP contribution in [0.15, 0.2) is 42.6 Å². The van der Waals surface area contributed by atoms with E-state index in [4.69, 9.17) is 11.6 Å². The molecule has 4 rings (SSSR count). The lowest BCUT2D eigenvalue weighted by Crippen LogP contribution is -2.40. The quantitative estimate of drug-likeness (QED) is 0.492. The molecule has 0 radical (unpaired) electrons. The average Bonchev–Trinajstić information content (AvgIpc) is 3.46. The van der Waals surface area contributed by atoms with Crippen LogP contribution in [0.2, 0.25) is 5.02 Å². The fourth-order valence-corrected chi connectivity index (χ4v) is 3.96. The van der Waals surface area contributed by atoms with Gasteiger partial charge in [0.25, 0.3) is 5.91 Å². The molecule has 10 heteroatoms. The van der Waals surface area contributed by atoms with Crippen molar-refractivity contribution >= 4 is 40.0 Å². The summed E-state index contributed by atoms with van der Waals surface area (Å²) in [5.41, 5.74) is -0.266. The first-order valence-electron chi connectivity index (χ1n) is 10.4. The van der Waals surface area contributed by atoms with Crippen molar-refractivity contribution in [2.24, 2.45) is 5.41 Å². The Bertz CT molecular complexity index is 1230. The van der Waals surface area contributed by atoms with Gasteiger partial charge in [0.2, 0.25) is 5.91 Å². The maximum Gasteiger partial charge on any atom is 0.403 e. The van der Waals surface area contributed by atoms with Gasteiger partial charge in [-0.15, -0.1) is 0 Å².